The number of halogens is 1. The number of hydrogen-bond acceptors (Lipinski definition) is 5. The molecule has 2 unspecified atom stereocenters. The maximum Gasteiger partial charge on any atom is 0.235 e. The van der Waals surface area contributed by atoms with E-state index in [9.17, 15) is 18.0 Å². The predicted octanol–water partition coefficient (Wildman–Crippen LogP) is -0.562. The van der Waals surface area contributed by atoms with Crippen molar-refractivity contribution in [3.05, 3.63) is 0 Å². The van der Waals surface area contributed by atoms with Gasteiger partial charge in [0, 0.05) is 25.0 Å². The van der Waals surface area contributed by atoms with Crippen LogP contribution in [0.1, 0.15) is 33.6 Å². The van der Waals surface area contributed by atoms with Crippen molar-refractivity contribution in [1.29, 1.82) is 0 Å². The van der Waals surface area contributed by atoms with Crippen LogP contribution in [0.15, 0.2) is 0 Å². The number of hydrogen-bond donors (Lipinski definition) is 3. The van der Waals surface area contributed by atoms with Crippen molar-refractivity contribution in [2.45, 2.75) is 45.7 Å². The molecule has 1 aliphatic rings. The zero-order chi connectivity index (χ0) is 17.6. The fourth-order valence-electron chi connectivity index (χ4n) is 2.65. The zero-order valence-corrected chi connectivity index (χ0v) is 16.1. The van der Waals surface area contributed by atoms with Crippen LogP contribution in [-0.4, -0.2) is 62.6 Å². The zero-order valence-electron chi connectivity index (χ0n) is 14.4. The Bertz CT molecular complexity index is 527. The number of nitrogens with one attached hydrogen (secondary N) is 2. The standard InChI is InChI=1S/C14H28N4O4S.ClH/c1-10(2)17-13(19)8-16-23(21,22)5-4-14(20)18-9-12(7-15)6-11(18)3;/h10-12,16H,4-9,15H2,1-3H3,(H,17,19);1H. The number of amides is 2. The molecule has 1 heterocycles. The predicted molar refractivity (Wildman–Crippen MR) is 95.3 cm³/mol. The van der Waals surface area contributed by atoms with Crippen LogP contribution < -0.4 is 15.8 Å². The minimum absolute atomic E-state index is 0. The average Bonchev–Trinajstić information content (AvgIpc) is 2.83. The Morgan fingerprint density at radius 3 is 2.46 bits per heavy atom. The van der Waals surface area contributed by atoms with E-state index in [2.05, 4.69) is 10.0 Å². The third-order valence-electron chi connectivity index (χ3n) is 3.80. The monoisotopic (exact) mass is 384 g/mol. The van der Waals surface area contributed by atoms with Crippen LogP contribution in [0.4, 0.5) is 0 Å². The number of nitrogens with two attached hydrogens (primary N) is 1. The number of nitrogens with zero attached hydrogens (tertiary/aromatic N) is 1. The smallest absolute Gasteiger partial charge is 0.235 e. The first-order valence-electron chi connectivity index (χ1n) is 7.91. The van der Waals surface area contributed by atoms with E-state index in [1.807, 2.05) is 6.92 Å². The Balaban J connectivity index is 0.00000529. The molecule has 0 aromatic carbocycles. The van der Waals surface area contributed by atoms with Gasteiger partial charge in [0.2, 0.25) is 21.8 Å². The molecule has 1 fully saturated rings. The fourth-order valence-corrected chi connectivity index (χ4v) is 3.59. The van der Waals surface area contributed by atoms with Crippen LogP contribution in [0.25, 0.3) is 0 Å². The lowest BCUT2D eigenvalue weighted by Gasteiger charge is -2.21. The lowest BCUT2D eigenvalue weighted by molar-refractivity contribution is -0.131. The highest BCUT2D eigenvalue weighted by atomic mass is 35.5. The molecular formula is C14H29ClN4O4S. The van der Waals surface area contributed by atoms with E-state index < -0.39 is 15.9 Å². The topological polar surface area (TPSA) is 122 Å². The second-order valence-electron chi connectivity index (χ2n) is 6.34. The van der Waals surface area contributed by atoms with Crippen LogP contribution in [0.2, 0.25) is 0 Å². The Morgan fingerprint density at radius 1 is 1.33 bits per heavy atom. The summed E-state index contributed by atoms with van der Waals surface area (Å²) < 4.78 is 25.9. The van der Waals surface area contributed by atoms with Gasteiger partial charge < -0.3 is 16.0 Å². The summed E-state index contributed by atoms with van der Waals surface area (Å²) in [4.78, 5) is 25.3. The second kappa shape index (κ2) is 10.2. The quantitative estimate of drug-likeness (QED) is 0.517. The first-order chi connectivity index (χ1) is 10.6. The average molecular weight is 385 g/mol. The first kappa shape index (κ1) is 23.1. The van der Waals surface area contributed by atoms with Gasteiger partial charge in [-0.05, 0) is 39.7 Å². The molecule has 0 saturated carbocycles. The Hall–Kier alpha value is -0.900. The Labute approximate surface area is 150 Å². The first-order valence-corrected chi connectivity index (χ1v) is 9.56. The van der Waals surface area contributed by atoms with E-state index >= 15 is 0 Å². The highest BCUT2D eigenvalue weighted by Gasteiger charge is 2.31. The van der Waals surface area contributed by atoms with Gasteiger partial charge in [0.1, 0.15) is 0 Å². The van der Waals surface area contributed by atoms with Crippen LogP contribution >= 0.6 is 12.4 Å². The molecule has 2 amide bonds. The van der Waals surface area contributed by atoms with E-state index in [1.54, 1.807) is 18.7 Å². The maximum absolute atomic E-state index is 12.2. The van der Waals surface area contributed by atoms with Crippen molar-refractivity contribution in [3.63, 3.8) is 0 Å². The highest BCUT2D eigenvalue weighted by molar-refractivity contribution is 7.89. The summed E-state index contributed by atoms with van der Waals surface area (Å²) in [6, 6.07) is 0.0317. The van der Waals surface area contributed by atoms with E-state index in [4.69, 9.17) is 5.73 Å². The molecule has 0 aromatic rings. The highest BCUT2D eigenvalue weighted by Crippen LogP contribution is 2.22. The molecule has 0 radical (unpaired) electrons. The third kappa shape index (κ3) is 7.78. The number of rotatable bonds is 8. The van der Waals surface area contributed by atoms with Crippen LogP contribution in [0, 0.1) is 5.92 Å². The van der Waals surface area contributed by atoms with E-state index in [1.165, 1.54) is 0 Å². The van der Waals surface area contributed by atoms with Crippen molar-refractivity contribution >= 4 is 34.2 Å². The molecule has 10 heteroatoms. The van der Waals surface area contributed by atoms with E-state index in [-0.39, 0.29) is 55.0 Å². The lowest BCUT2D eigenvalue weighted by atomic mass is 10.1. The van der Waals surface area contributed by atoms with Crippen LogP contribution in [0.3, 0.4) is 0 Å². The van der Waals surface area contributed by atoms with Gasteiger partial charge in [0.05, 0.1) is 12.3 Å². The SMILES string of the molecule is CC(C)NC(=O)CNS(=O)(=O)CCC(=O)N1CC(CN)CC1C.Cl. The van der Waals surface area contributed by atoms with E-state index in [0.29, 0.717) is 13.1 Å². The molecule has 1 rings (SSSR count). The Morgan fingerprint density at radius 2 is 1.96 bits per heavy atom. The van der Waals surface area contributed by atoms with Crippen LogP contribution in [0.5, 0.6) is 0 Å². The summed E-state index contributed by atoms with van der Waals surface area (Å²) in [5, 5.41) is 2.59. The number of sulfonamides is 1. The molecular weight excluding hydrogens is 356 g/mol. The molecule has 2 atom stereocenters. The van der Waals surface area contributed by atoms with Crippen molar-refractivity contribution in [3.8, 4) is 0 Å². The summed E-state index contributed by atoms with van der Waals surface area (Å²) >= 11 is 0. The van der Waals surface area contributed by atoms with Gasteiger partial charge in [-0.15, -0.1) is 12.4 Å². The fraction of sp³-hybridized carbons (Fsp3) is 0.857. The molecule has 0 spiro atoms. The van der Waals surface area contributed by atoms with Gasteiger partial charge in [0.25, 0.3) is 0 Å². The van der Waals surface area contributed by atoms with Gasteiger partial charge in [-0.2, -0.15) is 0 Å². The van der Waals surface area contributed by atoms with Gasteiger partial charge in [-0.1, -0.05) is 0 Å². The molecule has 24 heavy (non-hydrogen) atoms. The summed E-state index contributed by atoms with van der Waals surface area (Å²) in [7, 11) is -3.66. The minimum Gasteiger partial charge on any atom is -0.353 e. The number of carbonyl (C=O) groups excluding carboxylic acids is 2. The minimum atomic E-state index is -3.66. The van der Waals surface area contributed by atoms with Crippen molar-refractivity contribution in [1.82, 2.24) is 14.9 Å². The second-order valence-corrected chi connectivity index (χ2v) is 8.27. The molecule has 4 N–H and O–H groups in total. The Kier molecular flexibility index (Phi) is 9.79. The summed E-state index contributed by atoms with van der Waals surface area (Å²) in [6.07, 6.45) is 0.755. The van der Waals surface area contributed by atoms with Gasteiger partial charge in [-0.25, -0.2) is 13.1 Å². The normalized spacial score (nSPS) is 20.8. The molecule has 142 valence electrons. The number of carbonyl (C=O) groups is 2. The summed E-state index contributed by atoms with van der Waals surface area (Å²) in [5.41, 5.74) is 5.62. The summed E-state index contributed by atoms with van der Waals surface area (Å²) in [6.45, 7) is 6.31. The van der Waals surface area contributed by atoms with Crippen molar-refractivity contribution in [2.24, 2.45) is 11.7 Å². The molecule has 0 aliphatic carbocycles. The van der Waals surface area contributed by atoms with Gasteiger partial charge >= 0.3 is 0 Å². The third-order valence-corrected chi connectivity index (χ3v) is 5.13. The van der Waals surface area contributed by atoms with Crippen molar-refractivity contribution < 1.29 is 18.0 Å². The summed E-state index contributed by atoms with van der Waals surface area (Å²) in [5.74, 6) is -0.625. The largest absolute Gasteiger partial charge is 0.353 e. The van der Waals surface area contributed by atoms with Crippen molar-refractivity contribution in [2.75, 3.05) is 25.4 Å². The van der Waals surface area contributed by atoms with E-state index in [0.717, 1.165) is 6.42 Å². The number of likely N-dealkylation sites (tertiary alicyclic amines) is 1. The molecule has 8 nitrogen and oxygen atoms in total. The van der Waals surface area contributed by atoms with Crippen LogP contribution in [-0.2, 0) is 19.6 Å². The molecule has 0 bridgehead atoms. The lowest BCUT2D eigenvalue weighted by Crippen LogP contribution is -2.41. The van der Waals surface area contributed by atoms with Gasteiger partial charge in [-0.3, -0.25) is 9.59 Å². The molecule has 0 aromatic heterocycles. The molecule has 1 saturated heterocycles. The maximum atomic E-state index is 12.2. The van der Waals surface area contributed by atoms with Gasteiger partial charge in [0.15, 0.2) is 0 Å². The molecule has 1 aliphatic heterocycles.